The molecule has 32 heavy (non-hydrogen) atoms. The van der Waals surface area contributed by atoms with Crippen LogP contribution in [0.2, 0.25) is 0 Å². The highest BCUT2D eigenvalue weighted by atomic mass is 16.6. The van der Waals surface area contributed by atoms with Gasteiger partial charge in [-0.2, -0.15) is 0 Å². The van der Waals surface area contributed by atoms with Crippen molar-refractivity contribution in [1.82, 2.24) is 25.2 Å². The van der Waals surface area contributed by atoms with Crippen molar-refractivity contribution in [3.63, 3.8) is 0 Å². The van der Waals surface area contributed by atoms with Crippen molar-refractivity contribution < 1.29 is 14.5 Å². The minimum atomic E-state index is -0.494. The van der Waals surface area contributed by atoms with E-state index in [0.29, 0.717) is 16.9 Å². The van der Waals surface area contributed by atoms with Crippen LogP contribution in [-0.2, 0) is 6.54 Å². The molecule has 0 unspecified atom stereocenters. The SMILES string of the molecule is Cc1c(C(=O)NCc2cccc(C(=O)N3CCCC3)c2)nnn1-c1cccc([N+](=O)[O-])c1. The molecule has 0 saturated carbocycles. The predicted octanol–water partition coefficient (Wildman–Crippen LogP) is 2.65. The van der Waals surface area contributed by atoms with E-state index in [2.05, 4.69) is 15.6 Å². The van der Waals surface area contributed by atoms with Crippen LogP contribution in [0.1, 0.15) is 44.9 Å². The molecule has 0 spiro atoms. The summed E-state index contributed by atoms with van der Waals surface area (Å²) in [5.74, 6) is -0.415. The molecular formula is C22H22N6O4. The summed E-state index contributed by atoms with van der Waals surface area (Å²) < 4.78 is 1.39. The molecule has 0 aliphatic carbocycles. The highest BCUT2D eigenvalue weighted by molar-refractivity contribution is 5.95. The lowest BCUT2D eigenvalue weighted by molar-refractivity contribution is -0.384. The smallest absolute Gasteiger partial charge is 0.274 e. The zero-order valence-corrected chi connectivity index (χ0v) is 17.5. The van der Waals surface area contributed by atoms with Crippen LogP contribution in [-0.4, -0.2) is 49.7 Å². The van der Waals surface area contributed by atoms with E-state index in [4.69, 9.17) is 0 Å². The Morgan fingerprint density at radius 3 is 2.62 bits per heavy atom. The van der Waals surface area contributed by atoms with Gasteiger partial charge in [0.05, 0.1) is 16.3 Å². The molecule has 2 aromatic carbocycles. The largest absolute Gasteiger partial charge is 0.347 e. The number of hydrogen-bond donors (Lipinski definition) is 1. The first-order valence-corrected chi connectivity index (χ1v) is 10.3. The third-order valence-electron chi connectivity index (χ3n) is 5.42. The molecule has 164 valence electrons. The van der Waals surface area contributed by atoms with Crippen molar-refractivity contribution in [2.45, 2.75) is 26.3 Å². The van der Waals surface area contributed by atoms with E-state index in [9.17, 15) is 19.7 Å². The van der Waals surface area contributed by atoms with E-state index in [1.807, 2.05) is 11.0 Å². The number of rotatable bonds is 6. The minimum Gasteiger partial charge on any atom is -0.347 e. The van der Waals surface area contributed by atoms with Crippen LogP contribution in [0.5, 0.6) is 0 Å². The van der Waals surface area contributed by atoms with Gasteiger partial charge in [0.1, 0.15) is 0 Å². The molecule has 1 aliphatic rings. The second kappa shape index (κ2) is 8.96. The van der Waals surface area contributed by atoms with Crippen LogP contribution < -0.4 is 5.32 Å². The number of hydrogen-bond acceptors (Lipinski definition) is 6. The van der Waals surface area contributed by atoms with E-state index >= 15 is 0 Å². The van der Waals surface area contributed by atoms with E-state index in [1.165, 1.54) is 16.8 Å². The summed E-state index contributed by atoms with van der Waals surface area (Å²) >= 11 is 0. The number of likely N-dealkylation sites (tertiary alicyclic amines) is 1. The zero-order valence-electron chi connectivity index (χ0n) is 17.5. The second-order valence-electron chi connectivity index (χ2n) is 7.59. The van der Waals surface area contributed by atoms with Crippen molar-refractivity contribution >= 4 is 17.5 Å². The fraction of sp³-hybridized carbons (Fsp3) is 0.273. The van der Waals surface area contributed by atoms with Gasteiger partial charge in [-0.1, -0.05) is 23.4 Å². The molecule has 0 bridgehead atoms. The van der Waals surface area contributed by atoms with E-state index in [1.54, 1.807) is 37.3 Å². The van der Waals surface area contributed by atoms with Gasteiger partial charge in [0.2, 0.25) is 0 Å². The summed E-state index contributed by atoms with van der Waals surface area (Å²) in [7, 11) is 0. The summed E-state index contributed by atoms with van der Waals surface area (Å²) in [5.41, 5.74) is 2.35. The van der Waals surface area contributed by atoms with Gasteiger partial charge < -0.3 is 10.2 Å². The first-order chi connectivity index (χ1) is 15.4. The van der Waals surface area contributed by atoms with Crippen molar-refractivity contribution in [1.29, 1.82) is 0 Å². The second-order valence-corrected chi connectivity index (χ2v) is 7.59. The number of carbonyl (C=O) groups excluding carboxylic acids is 2. The quantitative estimate of drug-likeness (QED) is 0.470. The van der Waals surface area contributed by atoms with Gasteiger partial charge in [0.15, 0.2) is 5.69 Å². The zero-order chi connectivity index (χ0) is 22.7. The van der Waals surface area contributed by atoms with Gasteiger partial charge in [-0.05, 0) is 43.5 Å². The topological polar surface area (TPSA) is 123 Å². The number of nitrogens with zero attached hydrogens (tertiary/aromatic N) is 5. The third-order valence-corrected chi connectivity index (χ3v) is 5.42. The van der Waals surface area contributed by atoms with Crippen molar-refractivity contribution in [2.24, 2.45) is 0 Å². The average Bonchev–Trinajstić information content (AvgIpc) is 3.47. The lowest BCUT2D eigenvalue weighted by Gasteiger charge is -2.15. The van der Waals surface area contributed by atoms with Gasteiger partial charge in [0, 0.05) is 37.3 Å². The number of carbonyl (C=O) groups is 2. The Morgan fingerprint density at radius 2 is 1.88 bits per heavy atom. The molecule has 1 N–H and O–H groups in total. The minimum absolute atomic E-state index is 0.00594. The average molecular weight is 434 g/mol. The summed E-state index contributed by atoms with van der Waals surface area (Å²) in [6, 6.07) is 13.2. The number of aromatic nitrogens is 3. The number of non-ortho nitro benzene ring substituents is 1. The van der Waals surface area contributed by atoms with Crippen LogP contribution in [0.25, 0.3) is 5.69 Å². The molecule has 4 rings (SSSR count). The summed E-state index contributed by atoms with van der Waals surface area (Å²) in [6.45, 7) is 3.45. The van der Waals surface area contributed by atoms with Gasteiger partial charge in [-0.3, -0.25) is 19.7 Å². The van der Waals surface area contributed by atoms with Crippen LogP contribution in [0, 0.1) is 17.0 Å². The Labute approximate surface area is 184 Å². The monoisotopic (exact) mass is 434 g/mol. The van der Waals surface area contributed by atoms with Crippen LogP contribution in [0.3, 0.4) is 0 Å². The number of nitro groups is 1. The maximum absolute atomic E-state index is 12.7. The first kappa shape index (κ1) is 21.2. The molecule has 1 saturated heterocycles. The van der Waals surface area contributed by atoms with E-state index in [-0.39, 0.29) is 23.8 Å². The molecule has 0 radical (unpaired) electrons. The van der Waals surface area contributed by atoms with Crippen molar-refractivity contribution in [2.75, 3.05) is 13.1 Å². The Kier molecular flexibility index (Phi) is 5.93. The van der Waals surface area contributed by atoms with Crippen LogP contribution >= 0.6 is 0 Å². The van der Waals surface area contributed by atoms with Crippen LogP contribution in [0.4, 0.5) is 5.69 Å². The summed E-state index contributed by atoms with van der Waals surface area (Å²) in [5, 5.41) is 21.7. The van der Waals surface area contributed by atoms with Gasteiger partial charge in [-0.15, -0.1) is 5.10 Å². The number of amides is 2. The molecule has 2 heterocycles. The first-order valence-electron chi connectivity index (χ1n) is 10.3. The van der Waals surface area contributed by atoms with Gasteiger partial charge >= 0.3 is 0 Å². The van der Waals surface area contributed by atoms with E-state index < -0.39 is 10.8 Å². The highest BCUT2D eigenvalue weighted by Gasteiger charge is 2.21. The van der Waals surface area contributed by atoms with Crippen molar-refractivity contribution in [3.05, 3.63) is 81.2 Å². The maximum Gasteiger partial charge on any atom is 0.274 e. The summed E-state index contributed by atoms with van der Waals surface area (Å²) in [6.07, 6.45) is 2.05. The lowest BCUT2D eigenvalue weighted by Crippen LogP contribution is -2.28. The molecule has 10 heteroatoms. The standard InChI is InChI=1S/C22H22N6O4/c1-15-20(24-25-27(15)18-8-5-9-19(13-18)28(31)32)21(29)23-14-16-6-4-7-17(12-16)22(30)26-10-2-3-11-26/h4-9,12-13H,2-3,10-11,14H2,1H3,(H,23,29). The third kappa shape index (κ3) is 4.34. The molecule has 10 nitrogen and oxygen atoms in total. The fourth-order valence-corrected chi connectivity index (χ4v) is 3.71. The molecule has 2 amide bonds. The summed E-state index contributed by atoms with van der Waals surface area (Å²) in [4.78, 5) is 37.6. The molecule has 3 aromatic rings. The number of benzene rings is 2. The predicted molar refractivity (Wildman–Crippen MR) is 116 cm³/mol. The molecule has 1 aliphatic heterocycles. The van der Waals surface area contributed by atoms with Crippen molar-refractivity contribution in [3.8, 4) is 5.69 Å². The van der Waals surface area contributed by atoms with Gasteiger partial charge in [-0.25, -0.2) is 4.68 Å². The van der Waals surface area contributed by atoms with Crippen LogP contribution in [0.15, 0.2) is 48.5 Å². The van der Waals surface area contributed by atoms with E-state index in [0.717, 1.165) is 31.5 Å². The fourth-order valence-electron chi connectivity index (χ4n) is 3.71. The Hall–Kier alpha value is -4.08. The highest BCUT2D eigenvalue weighted by Crippen LogP contribution is 2.19. The lowest BCUT2D eigenvalue weighted by atomic mass is 10.1. The molecule has 1 aromatic heterocycles. The molecule has 0 atom stereocenters. The normalized spacial score (nSPS) is 13.2. The Balaban J connectivity index is 1.45. The molecular weight excluding hydrogens is 412 g/mol. The Morgan fingerprint density at radius 1 is 1.12 bits per heavy atom. The Bertz CT molecular complexity index is 1180. The molecule has 1 fully saturated rings. The van der Waals surface area contributed by atoms with Gasteiger partial charge in [0.25, 0.3) is 17.5 Å². The maximum atomic E-state index is 12.7. The number of nitro benzene ring substituents is 1. The number of nitrogens with one attached hydrogen (secondary N) is 1.